The topological polar surface area (TPSA) is 50.4 Å². The van der Waals surface area contributed by atoms with Crippen LogP contribution >= 0.6 is 0 Å². The largest absolute Gasteiger partial charge is 0.486 e. The molecule has 0 spiro atoms. The Kier molecular flexibility index (Phi) is 8.04. The SMILES string of the molecule is CCCCC(c1cnc(C2CCCCC2)[nH]1)N(Cc1ccccc1)Cc1ccc2c(c1)OCCO2. The van der Waals surface area contributed by atoms with E-state index in [1.165, 1.54) is 67.6 Å². The number of H-pyrrole nitrogens is 1. The Balaban J connectivity index is 1.43. The van der Waals surface area contributed by atoms with Crippen molar-refractivity contribution < 1.29 is 9.47 Å². The Morgan fingerprint density at radius 1 is 0.943 bits per heavy atom. The zero-order chi connectivity index (χ0) is 23.9. The minimum Gasteiger partial charge on any atom is -0.486 e. The number of hydrogen-bond donors (Lipinski definition) is 1. The summed E-state index contributed by atoms with van der Waals surface area (Å²) in [6, 6.07) is 17.5. The van der Waals surface area contributed by atoms with Crippen LogP contribution in [0.2, 0.25) is 0 Å². The van der Waals surface area contributed by atoms with E-state index in [0.717, 1.165) is 31.0 Å². The summed E-state index contributed by atoms with van der Waals surface area (Å²) in [4.78, 5) is 11.3. The van der Waals surface area contributed by atoms with Gasteiger partial charge in [0, 0.05) is 25.2 Å². The molecule has 35 heavy (non-hydrogen) atoms. The van der Waals surface area contributed by atoms with Gasteiger partial charge in [0.15, 0.2) is 11.5 Å². The minimum absolute atomic E-state index is 0.285. The van der Waals surface area contributed by atoms with E-state index >= 15 is 0 Å². The van der Waals surface area contributed by atoms with Gasteiger partial charge in [-0.15, -0.1) is 0 Å². The van der Waals surface area contributed by atoms with E-state index in [4.69, 9.17) is 14.5 Å². The first-order valence-electron chi connectivity index (χ1n) is 13.5. The first-order valence-corrected chi connectivity index (χ1v) is 13.5. The molecule has 3 aromatic rings. The van der Waals surface area contributed by atoms with Crippen LogP contribution in [0.5, 0.6) is 11.5 Å². The fraction of sp³-hybridized carbons (Fsp3) is 0.500. The Hall–Kier alpha value is -2.79. The highest BCUT2D eigenvalue weighted by molar-refractivity contribution is 5.43. The van der Waals surface area contributed by atoms with Crippen LogP contribution in [-0.4, -0.2) is 28.1 Å². The van der Waals surface area contributed by atoms with E-state index in [2.05, 4.69) is 71.5 Å². The van der Waals surface area contributed by atoms with Crippen molar-refractivity contribution in [3.8, 4) is 11.5 Å². The molecule has 1 aliphatic heterocycles. The highest BCUT2D eigenvalue weighted by Gasteiger charge is 2.26. The second-order valence-corrected chi connectivity index (χ2v) is 10.1. The minimum atomic E-state index is 0.285. The molecule has 186 valence electrons. The second-order valence-electron chi connectivity index (χ2n) is 10.1. The molecule has 5 rings (SSSR count). The summed E-state index contributed by atoms with van der Waals surface area (Å²) >= 11 is 0. The number of unbranched alkanes of at least 4 members (excludes halogenated alkanes) is 1. The quantitative estimate of drug-likeness (QED) is 0.339. The van der Waals surface area contributed by atoms with Crippen molar-refractivity contribution in [2.24, 2.45) is 0 Å². The molecule has 1 saturated carbocycles. The monoisotopic (exact) mass is 473 g/mol. The van der Waals surface area contributed by atoms with Crippen LogP contribution in [-0.2, 0) is 13.1 Å². The predicted molar refractivity (Wildman–Crippen MR) is 140 cm³/mol. The smallest absolute Gasteiger partial charge is 0.161 e. The highest BCUT2D eigenvalue weighted by Crippen LogP contribution is 2.35. The fourth-order valence-corrected chi connectivity index (χ4v) is 5.55. The fourth-order valence-electron chi connectivity index (χ4n) is 5.55. The molecule has 1 aliphatic carbocycles. The van der Waals surface area contributed by atoms with Crippen LogP contribution in [0, 0.1) is 0 Å². The molecule has 2 aliphatic rings. The molecule has 1 unspecified atom stereocenters. The second kappa shape index (κ2) is 11.8. The lowest BCUT2D eigenvalue weighted by molar-refractivity contribution is 0.160. The van der Waals surface area contributed by atoms with E-state index in [-0.39, 0.29) is 6.04 Å². The Bertz CT molecular complexity index is 1060. The third-order valence-electron chi connectivity index (χ3n) is 7.46. The normalized spacial score (nSPS) is 17.0. The van der Waals surface area contributed by atoms with Crippen LogP contribution in [0.3, 0.4) is 0 Å². The summed E-state index contributed by atoms with van der Waals surface area (Å²) in [5, 5.41) is 0. The highest BCUT2D eigenvalue weighted by atomic mass is 16.6. The van der Waals surface area contributed by atoms with Gasteiger partial charge in [-0.05, 0) is 42.5 Å². The lowest BCUT2D eigenvalue weighted by Gasteiger charge is -2.32. The predicted octanol–water partition coefficient (Wildman–Crippen LogP) is 7.16. The Labute approximate surface area is 209 Å². The van der Waals surface area contributed by atoms with Crippen LogP contribution in [0.25, 0.3) is 0 Å². The summed E-state index contributed by atoms with van der Waals surface area (Å²) < 4.78 is 11.6. The van der Waals surface area contributed by atoms with Crippen molar-refractivity contribution in [2.75, 3.05) is 13.2 Å². The van der Waals surface area contributed by atoms with E-state index in [9.17, 15) is 0 Å². The summed E-state index contributed by atoms with van der Waals surface area (Å²) in [6.45, 7) is 5.25. The lowest BCUT2D eigenvalue weighted by Crippen LogP contribution is -2.29. The van der Waals surface area contributed by atoms with Crippen molar-refractivity contribution in [2.45, 2.75) is 83.3 Å². The number of rotatable bonds is 10. The third-order valence-corrected chi connectivity index (χ3v) is 7.46. The van der Waals surface area contributed by atoms with Gasteiger partial charge in [0.1, 0.15) is 19.0 Å². The summed E-state index contributed by atoms with van der Waals surface area (Å²) in [5.74, 6) is 3.49. The molecule has 1 aromatic heterocycles. The van der Waals surface area contributed by atoms with Crippen LogP contribution < -0.4 is 9.47 Å². The van der Waals surface area contributed by atoms with Crippen molar-refractivity contribution in [1.29, 1.82) is 0 Å². The number of aromatic nitrogens is 2. The van der Waals surface area contributed by atoms with Gasteiger partial charge < -0.3 is 14.5 Å². The molecule has 2 heterocycles. The number of hydrogen-bond acceptors (Lipinski definition) is 4. The number of aromatic amines is 1. The van der Waals surface area contributed by atoms with E-state index in [0.29, 0.717) is 19.1 Å². The first kappa shape index (κ1) is 23.9. The molecular weight excluding hydrogens is 434 g/mol. The average molecular weight is 474 g/mol. The van der Waals surface area contributed by atoms with Crippen LogP contribution in [0.15, 0.2) is 54.7 Å². The molecule has 5 heteroatoms. The number of imidazole rings is 1. The molecule has 0 saturated heterocycles. The summed E-state index contributed by atoms with van der Waals surface area (Å²) in [5.41, 5.74) is 3.84. The van der Waals surface area contributed by atoms with Gasteiger partial charge in [0.2, 0.25) is 0 Å². The van der Waals surface area contributed by atoms with Crippen LogP contribution in [0.4, 0.5) is 0 Å². The molecule has 1 N–H and O–H groups in total. The zero-order valence-corrected chi connectivity index (χ0v) is 21.0. The van der Waals surface area contributed by atoms with Gasteiger partial charge in [0.25, 0.3) is 0 Å². The maximum atomic E-state index is 5.88. The first-order chi connectivity index (χ1) is 17.3. The van der Waals surface area contributed by atoms with Crippen LogP contribution in [0.1, 0.15) is 92.9 Å². The number of benzene rings is 2. The van der Waals surface area contributed by atoms with Gasteiger partial charge >= 0.3 is 0 Å². The van der Waals surface area contributed by atoms with Gasteiger partial charge in [-0.1, -0.05) is 75.4 Å². The summed E-state index contributed by atoms with van der Waals surface area (Å²) in [7, 11) is 0. The molecule has 0 amide bonds. The molecule has 5 nitrogen and oxygen atoms in total. The maximum absolute atomic E-state index is 5.88. The summed E-state index contributed by atoms with van der Waals surface area (Å²) in [6.07, 6.45) is 12.1. The molecule has 1 fully saturated rings. The van der Waals surface area contributed by atoms with Crippen molar-refractivity contribution in [1.82, 2.24) is 14.9 Å². The molecule has 0 radical (unpaired) electrons. The standard InChI is InChI=1S/C30H39N3O2/c1-2-3-14-27(26-20-31-30(32-26)25-12-8-5-9-13-25)33(21-23-10-6-4-7-11-23)22-24-15-16-28-29(19-24)35-18-17-34-28/h4,6-7,10-11,15-16,19-20,25,27H,2-3,5,8-9,12-14,17-18,21-22H2,1H3,(H,31,32). The molecule has 0 bridgehead atoms. The third kappa shape index (κ3) is 6.07. The number of nitrogens with zero attached hydrogens (tertiary/aromatic N) is 2. The maximum Gasteiger partial charge on any atom is 0.161 e. The van der Waals surface area contributed by atoms with Crippen molar-refractivity contribution in [3.63, 3.8) is 0 Å². The Morgan fingerprint density at radius 3 is 2.51 bits per heavy atom. The van der Waals surface area contributed by atoms with Crippen molar-refractivity contribution in [3.05, 3.63) is 77.4 Å². The number of fused-ring (bicyclic) bond motifs is 1. The van der Waals surface area contributed by atoms with Gasteiger partial charge in [0.05, 0.1) is 11.7 Å². The van der Waals surface area contributed by atoms with E-state index < -0.39 is 0 Å². The molecule has 1 atom stereocenters. The Morgan fingerprint density at radius 2 is 1.71 bits per heavy atom. The number of nitrogens with one attached hydrogen (secondary N) is 1. The number of ether oxygens (including phenoxy) is 2. The van der Waals surface area contributed by atoms with Gasteiger partial charge in [-0.3, -0.25) is 4.90 Å². The lowest BCUT2D eigenvalue weighted by atomic mass is 9.89. The zero-order valence-electron chi connectivity index (χ0n) is 21.0. The van der Waals surface area contributed by atoms with Gasteiger partial charge in [-0.2, -0.15) is 0 Å². The van der Waals surface area contributed by atoms with E-state index in [1.54, 1.807) is 0 Å². The van der Waals surface area contributed by atoms with E-state index in [1.807, 2.05) is 0 Å². The molecular formula is C30H39N3O2. The molecule has 2 aromatic carbocycles. The average Bonchev–Trinajstić information content (AvgIpc) is 3.40. The van der Waals surface area contributed by atoms with Crippen molar-refractivity contribution >= 4 is 0 Å². The van der Waals surface area contributed by atoms with Gasteiger partial charge in [-0.25, -0.2) is 4.98 Å².